The van der Waals surface area contributed by atoms with Gasteiger partial charge in [-0.3, -0.25) is 4.79 Å². The maximum Gasteiger partial charge on any atom is 0.391 e. The van der Waals surface area contributed by atoms with E-state index >= 15 is 0 Å². The van der Waals surface area contributed by atoms with Crippen molar-refractivity contribution in [2.24, 2.45) is 5.92 Å². The van der Waals surface area contributed by atoms with E-state index in [4.69, 9.17) is 9.47 Å². The number of alkyl halides is 3. The van der Waals surface area contributed by atoms with Gasteiger partial charge in [0, 0.05) is 6.04 Å². The largest absolute Gasteiger partial charge is 0.493 e. The quantitative estimate of drug-likeness (QED) is 0.918. The van der Waals surface area contributed by atoms with Gasteiger partial charge in [-0.05, 0) is 31.4 Å². The van der Waals surface area contributed by atoms with E-state index in [0.717, 1.165) is 0 Å². The molecule has 2 atom stereocenters. The molecule has 0 spiro atoms. The van der Waals surface area contributed by atoms with Crippen molar-refractivity contribution in [1.82, 2.24) is 5.32 Å². The van der Waals surface area contributed by atoms with Crippen LogP contribution in [0, 0.1) is 5.92 Å². The molecular weight excluding hydrogens is 311 g/mol. The smallest absolute Gasteiger partial charge is 0.391 e. The molecule has 1 N–H and O–H groups in total. The highest BCUT2D eigenvalue weighted by molar-refractivity contribution is 5.98. The number of hydrogen-bond donors (Lipinski definition) is 1. The maximum atomic E-state index is 12.8. The second kappa shape index (κ2) is 7.10. The monoisotopic (exact) mass is 331 g/mol. The lowest BCUT2D eigenvalue weighted by molar-refractivity contribution is -0.183. The van der Waals surface area contributed by atoms with E-state index < -0.39 is 24.0 Å². The standard InChI is InChI=1S/C16H20F3NO3/c1-22-13-8-4-7-12(14(13)23-2)15(21)20-11-6-3-5-10(9-11)16(17,18)19/h4,7-8,10-11H,3,5-6,9H2,1-2H3,(H,20,21). The molecule has 0 heterocycles. The van der Waals surface area contributed by atoms with Crippen LogP contribution in [0.15, 0.2) is 18.2 Å². The molecule has 0 aliphatic heterocycles. The lowest BCUT2D eigenvalue weighted by Crippen LogP contribution is -2.41. The number of ether oxygens (including phenoxy) is 2. The Morgan fingerprint density at radius 2 is 1.96 bits per heavy atom. The first-order valence-corrected chi connectivity index (χ1v) is 7.45. The minimum atomic E-state index is -4.21. The average molecular weight is 331 g/mol. The van der Waals surface area contributed by atoms with Crippen molar-refractivity contribution >= 4 is 5.91 Å². The zero-order chi connectivity index (χ0) is 17.0. The molecular formula is C16H20F3NO3. The molecule has 23 heavy (non-hydrogen) atoms. The SMILES string of the molecule is COc1cccc(C(=O)NC2CCCC(C(F)(F)F)C2)c1OC. The van der Waals surface area contributed by atoms with Gasteiger partial charge in [0.1, 0.15) is 0 Å². The summed E-state index contributed by atoms with van der Waals surface area (Å²) < 4.78 is 48.8. The highest BCUT2D eigenvalue weighted by Crippen LogP contribution is 2.38. The van der Waals surface area contributed by atoms with Crippen molar-refractivity contribution in [3.8, 4) is 11.5 Å². The van der Waals surface area contributed by atoms with Crippen LogP contribution in [0.3, 0.4) is 0 Å². The first-order chi connectivity index (χ1) is 10.9. The number of nitrogens with one attached hydrogen (secondary N) is 1. The lowest BCUT2D eigenvalue weighted by Gasteiger charge is -2.31. The fourth-order valence-electron chi connectivity index (χ4n) is 2.95. The number of carbonyl (C=O) groups excluding carboxylic acids is 1. The number of hydrogen-bond acceptors (Lipinski definition) is 3. The van der Waals surface area contributed by atoms with E-state index in [9.17, 15) is 18.0 Å². The maximum absolute atomic E-state index is 12.8. The van der Waals surface area contributed by atoms with Gasteiger partial charge < -0.3 is 14.8 Å². The fraction of sp³-hybridized carbons (Fsp3) is 0.562. The number of para-hydroxylation sites is 1. The third kappa shape index (κ3) is 4.09. The van der Waals surface area contributed by atoms with Crippen molar-refractivity contribution in [1.29, 1.82) is 0 Å². The number of methoxy groups -OCH3 is 2. The lowest BCUT2D eigenvalue weighted by atomic mass is 9.85. The van der Waals surface area contributed by atoms with E-state index in [1.165, 1.54) is 14.2 Å². The highest BCUT2D eigenvalue weighted by Gasteiger charge is 2.42. The van der Waals surface area contributed by atoms with Crippen molar-refractivity contribution in [2.75, 3.05) is 14.2 Å². The second-order valence-corrected chi connectivity index (χ2v) is 5.62. The molecule has 7 heteroatoms. The van der Waals surface area contributed by atoms with Gasteiger partial charge in [0.25, 0.3) is 5.91 Å². The summed E-state index contributed by atoms with van der Waals surface area (Å²) >= 11 is 0. The van der Waals surface area contributed by atoms with Crippen molar-refractivity contribution < 1.29 is 27.4 Å². The van der Waals surface area contributed by atoms with E-state index in [-0.39, 0.29) is 24.2 Å². The van der Waals surface area contributed by atoms with Gasteiger partial charge in [0.05, 0.1) is 25.7 Å². The summed E-state index contributed by atoms with van der Waals surface area (Å²) in [5, 5.41) is 2.69. The minimum absolute atomic E-state index is 0.0818. The van der Waals surface area contributed by atoms with Gasteiger partial charge in [-0.2, -0.15) is 13.2 Å². The first-order valence-electron chi connectivity index (χ1n) is 7.45. The molecule has 1 aliphatic rings. The molecule has 1 saturated carbocycles. The third-order valence-electron chi connectivity index (χ3n) is 4.12. The summed E-state index contributed by atoms with van der Waals surface area (Å²) in [5.74, 6) is -1.13. The second-order valence-electron chi connectivity index (χ2n) is 5.62. The molecule has 1 aliphatic carbocycles. The molecule has 1 amide bonds. The van der Waals surface area contributed by atoms with Crippen molar-refractivity contribution in [3.63, 3.8) is 0 Å². The predicted octanol–water partition coefficient (Wildman–Crippen LogP) is 3.55. The van der Waals surface area contributed by atoms with E-state index in [1.807, 2.05) is 0 Å². The van der Waals surface area contributed by atoms with Gasteiger partial charge in [0.15, 0.2) is 11.5 Å². The molecule has 1 aromatic rings. The normalized spacial score (nSPS) is 21.6. The summed E-state index contributed by atoms with van der Waals surface area (Å²) in [4.78, 5) is 12.4. The van der Waals surface area contributed by atoms with E-state index in [2.05, 4.69) is 5.32 Å². The zero-order valence-corrected chi connectivity index (χ0v) is 13.1. The van der Waals surface area contributed by atoms with Crippen LogP contribution in [0.2, 0.25) is 0 Å². The van der Waals surface area contributed by atoms with Crippen LogP contribution in [0.4, 0.5) is 13.2 Å². The molecule has 0 aromatic heterocycles. The van der Waals surface area contributed by atoms with Crippen molar-refractivity contribution in [3.05, 3.63) is 23.8 Å². The average Bonchev–Trinajstić information content (AvgIpc) is 2.53. The summed E-state index contributed by atoms with van der Waals surface area (Å²) in [5.41, 5.74) is 0.251. The van der Waals surface area contributed by atoms with Crippen molar-refractivity contribution in [2.45, 2.75) is 37.9 Å². The van der Waals surface area contributed by atoms with Gasteiger partial charge in [-0.15, -0.1) is 0 Å². The molecule has 128 valence electrons. The Balaban J connectivity index is 2.10. The highest BCUT2D eigenvalue weighted by atomic mass is 19.4. The Morgan fingerprint density at radius 3 is 2.57 bits per heavy atom. The first kappa shape index (κ1) is 17.4. The Bertz CT molecular complexity index is 560. The van der Waals surface area contributed by atoms with Gasteiger partial charge >= 0.3 is 6.18 Å². The van der Waals surface area contributed by atoms with Crippen LogP contribution in [-0.2, 0) is 0 Å². The third-order valence-corrected chi connectivity index (χ3v) is 4.12. The molecule has 0 radical (unpaired) electrons. The Morgan fingerprint density at radius 1 is 1.22 bits per heavy atom. The number of amides is 1. The van der Waals surface area contributed by atoms with E-state index in [0.29, 0.717) is 18.6 Å². The Kier molecular flexibility index (Phi) is 5.38. The molecule has 0 saturated heterocycles. The van der Waals surface area contributed by atoms with Crippen LogP contribution < -0.4 is 14.8 Å². The number of halogens is 3. The zero-order valence-electron chi connectivity index (χ0n) is 13.1. The Hall–Kier alpha value is -1.92. The van der Waals surface area contributed by atoms with Gasteiger partial charge in [-0.1, -0.05) is 12.5 Å². The fourth-order valence-corrected chi connectivity index (χ4v) is 2.95. The number of carbonyl (C=O) groups is 1. The molecule has 2 rings (SSSR count). The summed E-state index contributed by atoms with van der Waals surface area (Å²) in [6, 6.07) is 4.35. The molecule has 0 bridgehead atoms. The predicted molar refractivity (Wildman–Crippen MR) is 78.8 cm³/mol. The Labute approximate surface area is 133 Å². The van der Waals surface area contributed by atoms with Crippen LogP contribution in [0.5, 0.6) is 11.5 Å². The molecule has 1 fully saturated rings. The van der Waals surface area contributed by atoms with Gasteiger partial charge in [0.2, 0.25) is 0 Å². The summed E-state index contributed by atoms with van der Waals surface area (Å²) in [6.07, 6.45) is -3.17. The van der Waals surface area contributed by atoms with E-state index in [1.54, 1.807) is 18.2 Å². The number of rotatable bonds is 4. The minimum Gasteiger partial charge on any atom is -0.493 e. The summed E-state index contributed by atoms with van der Waals surface area (Å²) in [7, 11) is 2.86. The number of benzene rings is 1. The summed E-state index contributed by atoms with van der Waals surface area (Å²) in [6.45, 7) is 0. The molecule has 4 nitrogen and oxygen atoms in total. The van der Waals surface area contributed by atoms with Gasteiger partial charge in [-0.25, -0.2) is 0 Å². The van der Waals surface area contributed by atoms with Crippen LogP contribution >= 0.6 is 0 Å². The topological polar surface area (TPSA) is 47.6 Å². The molecule has 2 unspecified atom stereocenters. The van der Waals surface area contributed by atoms with Crippen LogP contribution in [0.1, 0.15) is 36.0 Å². The van der Waals surface area contributed by atoms with Crippen LogP contribution in [-0.4, -0.2) is 32.3 Å². The van der Waals surface area contributed by atoms with Crippen LogP contribution in [0.25, 0.3) is 0 Å². The molecule has 1 aromatic carbocycles.